The number of benzene rings is 1. The molecule has 1 aliphatic heterocycles. The molecule has 1 saturated heterocycles. The normalized spacial score (nSPS) is 14.9. The predicted molar refractivity (Wildman–Crippen MR) is 107 cm³/mol. The van der Waals surface area contributed by atoms with E-state index >= 15 is 0 Å². The molecule has 0 spiro atoms. The second kappa shape index (κ2) is 11.9. The van der Waals surface area contributed by atoms with Crippen LogP contribution >= 0.6 is 12.4 Å². The lowest BCUT2D eigenvalue weighted by Gasteiger charge is -2.27. The van der Waals surface area contributed by atoms with Crippen molar-refractivity contribution in [2.24, 2.45) is 0 Å². The second-order valence-corrected chi connectivity index (χ2v) is 7.96. The Hall–Kier alpha value is -1.79. The Morgan fingerprint density at radius 3 is 2.43 bits per heavy atom. The third kappa shape index (κ3) is 8.07. The van der Waals surface area contributed by atoms with E-state index in [0.717, 1.165) is 63.4 Å². The highest BCUT2D eigenvalue weighted by atomic mass is 35.5. The summed E-state index contributed by atoms with van der Waals surface area (Å²) in [5, 5.41) is 16.7. The summed E-state index contributed by atoms with van der Waals surface area (Å²) >= 11 is 0. The number of hydrogen-bond donors (Lipinski definition) is 3. The number of amides is 1. The summed E-state index contributed by atoms with van der Waals surface area (Å²) in [5.74, 6) is -0.221. The molecule has 0 saturated carbocycles. The molecule has 158 valence electrons. The molecule has 1 aromatic rings. The molecule has 0 atom stereocenters. The molecule has 0 aromatic heterocycles. The standard InChI is InChI=1S/C16H25N5O5S.ClH/c22-16(18-7-1-11-20-12-9-17-10-13-20)6-8-19-27(25,26)15-4-2-14(3-5-15)21(23)24;/h2-5,17,19H,1,6-13H2,(H,18,22);1H. The van der Waals surface area contributed by atoms with Crippen molar-refractivity contribution in [1.82, 2.24) is 20.3 Å². The zero-order valence-electron chi connectivity index (χ0n) is 15.4. The number of rotatable bonds is 10. The quantitative estimate of drug-likeness (QED) is 0.269. The molecule has 1 amide bonds. The van der Waals surface area contributed by atoms with Crippen molar-refractivity contribution in [2.75, 3.05) is 45.8 Å². The molecule has 0 unspecified atom stereocenters. The fourth-order valence-electron chi connectivity index (χ4n) is 2.68. The number of carbonyl (C=O) groups excluding carboxylic acids is 1. The first-order valence-corrected chi connectivity index (χ1v) is 10.3. The SMILES string of the molecule is Cl.O=C(CCNS(=O)(=O)c1ccc([N+](=O)[O-])cc1)NCCCN1CCNCC1. The lowest BCUT2D eigenvalue weighted by Crippen LogP contribution is -2.44. The maximum Gasteiger partial charge on any atom is 0.269 e. The highest BCUT2D eigenvalue weighted by Gasteiger charge is 2.16. The topological polar surface area (TPSA) is 134 Å². The predicted octanol–water partition coefficient (Wildman–Crippen LogP) is 0.0965. The van der Waals surface area contributed by atoms with Crippen molar-refractivity contribution < 1.29 is 18.1 Å². The Morgan fingerprint density at radius 2 is 1.82 bits per heavy atom. The second-order valence-electron chi connectivity index (χ2n) is 6.19. The van der Waals surface area contributed by atoms with E-state index in [-0.39, 0.29) is 41.9 Å². The number of nitro benzene ring substituents is 1. The lowest BCUT2D eigenvalue weighted by atomic mass is 10.3. The third-order valence-electron chi connectivity index (χ3n) is 4.18. The van der Waals surface area contributed by atoms with Crippen LogP contribution < -0.4 is 15.4 Å². The van der Waals surface area contributed by atoms with Crippen LogP contribution in [-0.4, -0.2) is 70.0 Å². The molecular formula is C16H26ClN5O5S. The minimum absolute atomic E-state index is 0. The number of sulfonamides is 1. The first-order valence-electron chi connectivity index (χ1n) is 8.82. The Kier molecular flexibility index (Phi) is 10.3. The van der Waals surface area contributed by atoms with Crippen LogP contribution in [0.3, 0.4) is 0 Å². The highest BCUT2D eigenvalue weighted by molar-refractivity contribution is 7.89. The van der Waals surface area contributed by atoms with Crippen LogP contribution in [0, 0.1) is 10.1 Å². The van der Waals surface area contributed by atoms with Gasteiger partial charge in [0.1, 0.15) is 0 Å². The van der Waals surface area contributed by atoms with Gasteiger partial charge in [-0.2, -0.15) is 0 Å². The van der Waals surface area contributed by atoms with Gasteiger partial charge in [0.25, 0.3) is 5.69 Å². The van der Waals surface area contributed by atoms with Crippen LogP contribution in [0.4, 0.5) is 5.69 Å². The van der Waals surface area contributed by atoms with Crippen molar-refractivity contribution in [3.63, 3.8) is 0 Å². The van der Waals surface area contributed by atoms with Gasteiger partial charge < -0.3 is 15.5 Å². The van der Waals surface area contributed by atoms with E-state index in [1.807, 2.05) is 0 Å². The van der Waals surface area contributed by atoms with Crippen molar-refractivity contribution in [3.8, 4) is 0 Å². The number of non-ortho nitro benzene ring substituents is 1. The van der Waals surface area contributed by atoms with E-state index in [1.54, 1.807) is 0 Å². The largest absolute Gasteiger partial charge is 0.356 e. The lowest BCUT2D eigenvalue weighted by molar-refractivity contribution is -0.384. The molecule has 1 heterocycles. The van der Waals surface area contributed by atoms with E-state index in [9.17, 15) is 23.3 Å². The van der Waals surface area contributed by atoms with Gasteiger partial charge in [-0.05, 0) is 25.1 Å². The van der Waals surface area contributed by atoms with Gasteiger partial charge in [-0.1, -0.05) is 0 Å². The van der Waals surface area contributed by atoms with Gasteiger partial charge >= 0.3 is 0 Å². The Morgan fingerprint density at radius 1 is 1.18 bits per heavy atom. The summed E-state index contributed by atoms with van der Waals surface area (Å²) in [6.07, 6.45) is 0.875. The Labute approximate surface area is 170 Å². The molecule has 2 rings (SSSR count). The molecule has 1 aliphatic rings. The van der Waals surface area contributed by atoms with E-state index in [2.05, 4.69) is 20.3 Å². The van der Waals surface area contributed by atoms with Crippen molar-refractivity contribution >= 4 is 34.0 Å². The summed E-state index contributed by atoms with van der Waals surface area (Å²) in [4.78, 5) is 24.0. The van der Waals surface area contributed by atoms with Crippen LogP contribution in [0.5, 0.6) is 0 Å². The average molecular weight is 436 g/mol. The van der Waals surface area contributed by atoms with Gasteiger partial charge in [0.05, 0.1) is 9.82 Å². The van der Waals surface area contributed by atoms with E-state index < -0.39 is 14.9 Å². The first kappa shape index (κ1) is 24.2. The molecule has 12 heteroatoms. The maximum absolute atomic E-state index is 12.1. The number of hydrogen-bond acceptors (Lipinski definition) is 7. The van der Waals surface area contributed by atoms with Crippen molar-refractivity contribution in [3.05, 3.63) is 34.4 Å². The average Bonchev–Trinajstić information content (AvgIpc) is 2.66. The van der Waals surface area contributed by atoms with Gasteiger partial charge in [-0.3, -0.25) is 14.9 Å². The minimum atomic E-state index is -3.80. The molecule has 10 nitrogen and oxygen atoms in total. The van der Waals surface area contributed by atoms with Gasteiger partial charge in [-0.15, -0.1) is 12.4 Å². The molecule has 1 fully saturated rings. The van der Waals surface area contributed by atoms with Crippen LogP contribution in [-0.2, 0) is 14.8 Å². The smallest absolute Gasteiger partial charge is 0.269 e. The zero-order chi connectivity index (χ0) is 19.7. The summed E-state index contributed by atoms with van der Waals surface area (Å²) < 4.78 is 26.5. The van der Waals surface area contributed by atoms with Crippen LogP contribution in [0.15, 0.2) is 29.2 Å². The van der Waals surface area contributed by atoms with E-state index in [1.165, 1.54) is 0 Å². The van der Waals surface area contributed by atoms with Crippen molar-refractivity contribution in [1.29, 1.82) is 0 Å². The third-order valence-corrected chi connectivity index (χ3v) is 5.66. The van der Waals surface area contributed by atoms with Crippen LogP contribution in [0.25, 0.3) is 0 Å². The van der Waals surface area contributed by atoms with Gasteiger partial charge in [-0.25, -0.2) is 13.1 Å². The number of nitrogens with zero attached hydrogens (tertiary/aromatic N) is 2. The zero-order valence-corrected chi connectivity index (χ0v) is 17.1. The molecule has 0 aliphatic carbocycles. The van der Waals surface area contributed by atoms with Crippen molar-refractivity contribution in [2.45, 2.75) is 17.7 Å². The molecule has 28 heavy (non-hydrogen) atoms. The molecular weight excluding hydrogens is 410 g/mol. The van der Waals surface area contributed by atoms with E-state index in [0.29, 0.717) is 6.54 Å². The van der Waals surface area contributed by atoms with Gasteiger partial charge in [0.2, 0.25) is 15.9 Å². The summed E-state index contributed by atoms with van der Waals surface area (Å²) in [6.45, 7) is 5.44. The van der Waals surface area contributed by atoms with Crippen LogP contribution in [0.2, 0.25) is 0 Å². The van der Waals surface area contributed by atoms with Crippen LogP contribution in [0.1, 0.15) is 12.8 Å². The monoisotopic (exact) mass is 435 g/mol. The Bertz CT molecular complexity index is 738. The summed E-state index contributed by atoms with van der Waals surface area (Å²) in [6, 6.07) is 4.58. The molecule has 0 bridgehead atoms. The fourth-order valence-corrected chi connectivity index (χ4v) is 3.71. The molecule has 3 N–H and O–H groups in total. The van der Waals surface area contributed by atoms with E-state index in [4.69, 9.17) is 0 Å². The highest BCUT2D eigenvalue weighted by Crippen LogP contribution is 2.15. The number of nitrogens with one attached hydrogen (secondary N) is 3. The number of halogens is 1. The Balaban J connectivity index is 0.00000392. The minimum Gasteiger partial charge on any atom is -0.356 e. The first-order chi connectivity index (χ1) is 12.9. The van der Waals surface area contributed by atoms with Gasteiger partial charge in [0, 0.05) is 57.8 Å². The molecule has 0 radical (unpaired) electrons. The number of carbonyl (C=O) groups is 1. The number of nitro groups is 1. The van der Waals surface area contributed by atoms with Gasteiger partial charge in [0.15, 0.2) is 0 Å². The molecule has 1 aromatic carbocycles. The summed E-state index contributed by atoms with van der Waals surface area (Å²) in [7, 11) is -3.80. The number of piperazine rings is 1. The maximum atomic E-state index is 12.1. The summed E-state index contributed by atoms with van der Waals surface area (Å²) in [5.41, 5.74) is -0.186. The fraction of sp³-hybridized carbons (Fsp3) is 0.562.